The highest BCUT2D eigenvalue weighted by Crippen LogP contribution is 2.63. The number of benzene rings is 2. The zero-order valence-corrected chi connectivity index (χ0v) is 15.3. The molecule has 2 aromatic rings. The van der Waals surface area contributed by atoms with Gasteiger partial charge in [0, 0.05) is 11.8 Å². The normalized spacial score (nSPS) is 30.6. The van der Waals surface area contributed by atoms with Crippen LogP contribution in [-0.2, 0) is 10.3 Å². The molecule has 2 aliphatic rings. The summed E-state index contributed by atoms with van der Waals surface area (Å²) in [5.41, 5.74) is 8.61. The van der Waals surface area contributed by atoms with Crippen LogP contribution in [0.25, 0.3) is 0 Å². The maximum atomic E-state index is 13.4. The van der Waals surface area contributed by atoms with Crippen molar-refractivity contribution >= 4 is 5.78 Å². The fraction of sp³-hybridized carbons (Fsp3) is 0.435. The van der Waals surface area contributed by atoms with Gasteiger partial charge in [-0.3, -0.25) is 4.79 Å². The summed E-state index contributed by atoms with van der Waals surface area (Å²) in [7, 11) is 0. The number of nitrogens with two attached hydrogens (primary N) is 1. The Balaban J connectivity index is 1.90. The molecule has 2 N–H and O–H groups in total. The molecule has 0 aromatic heterocycles. The van der Waals surface area contributed by atoms with Crippen molar-refractivity contribution in [1.82, 2.24) is 0 Å². The smallest absolute Gasteiger partial charge is 0.142 e. The van der Waals surface area contributed by atoms with Crippen molar-refractivity contribution in [1.29, 1.82) is 0 Å². The Kier molecular flexibility index (Phi) is 3.66. The molecule has 25 heavy (non-hydrogen) atoms. The summed E-state index contributed by atoms with van der Waals surface area (Å²) in [5.74, 6) is 1.11. The first-order chi connectivity index (χ1) is 11.9. The predicted molar refractivity (Wildman–Crippen MR) is 101 cm³/mol. The monoisotopic (exact) mass is 333 g/mol. The Labute approximate surface area is 150 Å². The molecular weight excluding hydrogens is 306 g/mol. The summed E-state index contributed by atoms with van der Waals surface area (Å²) in [6.45, 7) is 6.87. The van der Waals surface area contributed by atoms with Crippen molar-refractivity contribution in [3.63, 3.8) is 0 Å². The molecule has 0 heterocycles. The highest BCUT2D eigenvalue weighted by molar-refractivity contribution is 5.90. The topological polar surface area (TPSA) is 43.1 Å². The summed E-state index contributed by atoms with van der Waals surface area (Å²) in [4.78, 5) is 13.4. The van der Waals surface area contributed by atoms with Crippen LogP contribution < -0.4 is 5.73 Å². The Morgan fingerprint density at radius 3 is 1.88 bits per heavy atom. The van der Waals surface area contributed by atoms with Gasteiger partial charge >= 0.3 is 0 Å². The zero-order chi connectivity index (χ0) is 17.8. The maximum Gasteiger partial charge on any atom is 0.142 e. The molecule has 2 aliphatic carbocycles. The van der Waals surface area contributed by atoms with Gasteiger partial charge in [-0.05, 0) is 34.8 Å². The molecule has 4 rings (SSSR count). The van der Waals surface area contributed by atoms with Crippen LogP contribution >= 0.6 is 0 Å². The van der Waals surface area contributed by atoms with Gasteiger partial charge in [-0.15, -0.1) is 0 Å². The number of hydrogen-bond donors (Lipinski definition) is 1. The number of ketones is 1. The molecule has 2 saturated carbocycles. The third-order valence-corrected chi connectivity index (χ3v) is 7.31. The first-order valence-corrected chi connectivity index (χ1v) is 9.32. The van der Waals surface area contributed by atoms with Crippen molar-refractivity contribution in [2.45, 2.75) is 32.7 Å². The van der Waals surface area contributed by atoms with Crippen LogP contribution in [0.2, 0.25) is 0 Å². The van der Waals surface area contributed by atoms with E-state index in [1.54, 1.807) is 0 Å². The lowest BCUT2D eigenvalue weighted by atomic mass is 9.57. The van der Waals surface area contributed by atoms with Gasteiger partial charge in [0.15, 0.2) is 0 Å². The van der Waals surface area contributed by atoms with E-state index in [2.05, 4.69) is 45.0 Å². The molecule has 4 atom stereocenters. The fourth-order valence-electron chi connectivity index (χ4n) is 5.49. The molecule has 0 aliphatic heterocycles. The van der Waals surface area contributed by atoms with E-state index in [0.717, 1.165) is 17.5 Å². The quantitative estimate of drug-likeness (QED) is 0.905. The van der Waals surface area contributed by atoms with E-state index < -0.39 is 5.54 Å². The Morgan fingerprint density at radius 1 is 0.960 bits per heavy atom. The highest BCUT2D eigenvalue weighted by atomic mass is 16.1. The van der Waals surface area contributed by atoms with Gasteiger partial charge in [0.1, 0.15) is 5.78 Å². The van der Waals surface area contributed by atoms with E-state index in [1.165, 1.54) is 0 Å². The van der Waals surface area contributed by atoms with Crippen LogP contribution in [0.3, 0.4) is 0 Å². The van der Waals surface area contributed by atoms with E-state index in [1.807, 2.05) is 36.4 Å². The average Bonchev–Trinajstić information content (AvgIpc) is 3.10. The SMILES string of the molecule is CC1C2CC(C(C(N)(c3ccccc3)c3ccccc3)C2=O)C1(C)C. The Morgan fingerprint density at radius 2 is 1.44 bits per heavy atom. The standard InChI is InChI=1S/C23H27NO/c1-15-18-14-19(22(15,2)3)20(21(18)25)23(24,16-10-6-4-7-11-16)17-12-8-5-9-13-17/h4-13,15,18-20H,14,24H2,1-3H3. The van der Waals surface area contributed by atoms with E-state index >= 15 is 0 Å². The minimum absolute atomic E-state index is 0.136. The Hall–Kier alpha value is -1.93. The van der Waals surface area contributed by atoms with Crippen molar-refractivity contribution in [2.75, 3.05) is 0 Å². The highest BCUT2D eigenvalue weighted by Gasteiger charge is 2.64. The largest absolute Gasteiger partial charge is 0.317 e. The number of Topliss-reactive ketones (excluding diaryl/α,β-unsaturated/α-hetero) is 1. The number of hydrogen-bond acceptors (Lipinski definition) is 2. The van der Waals surface area contributed by atoms with Crippen LogP contribution in [0.1, 0.15) is 38.3 Å². The third kappa shape index (κ3) is 2.17. The summed E-state index contributed by atoms with van der Waals surface area (Å²) in [6.07, 6.45) is 0.982. The molecule has 2 nitrogen and oxygen atoms in total. The van der Waals surface area contributed by atoms with Crippen LogP contribution in [0, 0.1) is 29.1 Å². The van der Waals surface area contributed by atoms with Crippen molar-refractivity contribution < 1.29 is 4.79 Å². The lowest BCUT2D eigenvalue weighted by molar-refractivity contribution is -0.133. The summed E-state index contributed by atoms with van der Waals surface area (Å²) in [6, 6.07) is 20.4. The first kappa shape index (κ1) is 16.5. The molecule has 0 spiro atoms. The van der Waals surface area contributed by atoms with Gasteiger partial charge in [-0.1, -0.05) is 81.4 Å². The van der Waals surface area contributed by atoms with Gasteiger partial charge in [0.2, 0.25) is 0 Å². The second-order valence-corrected chi connectivity index (χ2v) is 8.54. The second kappa shape index (κ2) is 5.54. The molecule has 0 saturated heterocycles. The summed E-state index contributed by atoms with van der Waals surface area (Å²) in [5, 5.41) is 0. The molecule has 2 aromatic carbocycles. The fourth-order valence-corrected chi connectivity index (χ4v) is 5.49. The molecule has 0 amide bonds. The summed E-state index contributed by atoms with van der Waals surface area (Å²) < 4.78 is 0. The van der Waals surface area contributed by atoms with Gasteiger partial charge < -0.3 is 5.73 Å². The van der Waals surface area contributed by atoms with E-state index in [4.69, 9.17) is 5.73 Å². The minimum atomic E-state index is -0.767. The van der Waals surface area contributed by atoms with Gasteiger partial charge in [-0.25, -0.2) is 0 Å². The first-order valence-electron chi connectivity index (χ1n) is 9.32. The average molecular weight is 333 g/mol. The lowest BCUT2D eigenvalue weighted by Gasteiger charge is -2.47. The van der Waals surface area contributed by atoms with E-state index in [0.29, 0.717) is 17.6 Å². The molecular formula is C23H27NO. The molecule has 4 unspecified atom stereocenters. The number of carbonyl (C=O) groups is 1. The van der Waals surface area contributed by atoms with Crippen LogP contribution in [0.5, 0.6) is 0 Å². The van der Waals surface area contributed by atoms with Crippen LogP contribution in [0.15, 0.2) is 60.7 Å². The lowest BCUT2D eigenvalue weighted by Crippen LogP contribution is -2.55. The maximum absolute atomic E-state index is 13.4. The zero-order valence-electron chi connectivity index (χ0n) is 15.3. The number of carbonyl (C=O) groups excluding carboxylic acids is 1. The number of fused-ring (bicyclic) bond motifs is 2. The van der Waals surface area contributed by atoms with Gasteiger partial charge in [0.25, 0.3) is 0 Å². The van der Waals surface area contributed by atoms with Crippen LogP contribution in [0.4, 0.5) is 0 Å². The minimum Gasteiger partial charge on any atom is -0.317 e. The molecule has 0 radical (unpaired) electrons. The van der Waals surface area contributed by atoms with Crippen LogP contribution in [-0.4, -0.2) is 5.78 Å². The molecule has 2 fully saturated rings. The van der Waals surface area contributed by atoms with Crippen molar-refractivity contribution in [3.8, 4) is 0 Å². The van der Waals surface area contributed by atoms with E-state index in [9.17, 15) is 4.79 Å². The molecule has 130 valence electrons. The number of rotatable bonds is 3. The Bertz CT molecular complexity index is 741. The third-order valence-electron chi connectivity index (χ3n) is 7.31. The predicted octanol–water partition coefficient (Wildman–Crippen LogP) is 4.39. The van der Waals surface area contributed by atoms with Gasteiger partial charge in [0.05, 0.1) is 5.54 Å². The van der Waals surface area contributed by atoms with Crippen molar-refractivity contribution in [2.24, 2.45) is 34.8 Å². The molecule has 2 heteroatoms. The summed E-state index contributed by atoms with van der Waals surface area (Å²) >= 11 is 0. The second-order valence-electron chi connectivity index (χ2n) is 8.54. The molecule has 2 bridgehead atoms. The van der Waals surface area contributed by atoms with E-state index in [-0.39, 0.29) is 17.3 Å². The van der Waals surface area contributed by atoms with Gasteiger partial charge in [-0.2, -0.15) is 0 Å². The van der Waals surface area contributed by atoms with Crippen molar-refractivity contribution in [3.05, 3.63) is 71.8 Å².